The van der Waals surface area contributed by atoms with Crippen molar-refractivity contribution in [3.8, 4) is 5.75 Å². The average Bonchev–Trinajstić information content (AvgIpc) is 4.05. The standard InChI is InChI=1S/C49H62N10O12/c1-28(42(63)57-37(49(70)71)25-31-13-7-4-8-14-31)53-46(67)39-16-10-22-59(39)48(69)36(24-32-17-19-33(60)20-18-32)56-44(65)35(26-40(51)61)55-41(62)27-52-45(66)38-15-9-21-58(38)47(68)29(2)54-43(64)34(50)23-30-11-5-3-6-12-30/h3-8,11-14,17-20,28-29,34-39,60H,9-10,15-16,21-27,50H2,1-2H3,(H2,51,61)(H,52,66)(H,53,67)(H,54,64)(H,55,62)(H,56,65)(H,57,63)(H,70,71)/t28-,29-,34-,35-,36-,37-,38-,39-/m0/s1. The zero-order valence-electron chi connectivity index (χ0n) is 39.5. The van der Waals surface area contributed by atoms with Crippen LogP contribution in [0.5, 0.6) is 5.75 Å². The van der Waals surface area contributed by atoms with Crippen LogP contribution in [-0.2, 0) is 67.2 Å². The Labute approximate surface area is 410 Å². The molecule has 3 aromatic carbocycles. The number of amides is 9. The monoisotopic (exact) mass is 982 g/mol. The van der Waals surface area contributed by atoms with E-state index in [0.29, 0.717) is 24.0 Å². The number of nitrogens with two attached hydrogens (primary N) is 2. The number of benzene rings is 3. The lowest BCUT2D eigenvalue weighted by Crippen LogP contribution is -2.59. The molecule has 0 saturated carbocycles. The Balaban J connectivity index is 1.20. The Kier molecular flexibility index (Phi) is 19.5. The number of likely N-dealkylation sites (tertiary alicyclic amines) is 2. The summed E-state index contributed by atoms with van der Waals surface area (Å²) < 4.78 is 0. The number of phenolic OH excluding ortho intramolecular Hbond substituents is 1. The number of phenols is 1. The topological polar surface area (TPSA) is 342 Å². The third-order valence-corrected chi connectivity index (χ3v) is 12.2. The Morgan fingerprint density at radius 3 is 1.69 bits per heavy atom. The molecule has 2 fully saturated rings. The summed E-state index contributed by atoms with van der Waals surface area (Å²) in [5, 5.41) is 34.7. The fourth-order valence-electron chi connectivity index (χ4n) is 8.40. The minimum absolute atomic E-state index is 0.0123. The zero-order valence-corrected chi connectivity index (χ0v) is 39.5. The predicted octanol–water partition coefficient (Wildman–Crippen LogP) is -1.73. The van der Waals surface area contributed by atoms with E-state index in [1.165, 1.54) is 47.9 Å². The van der Waals surface area contributed by atoms with Crippen molar-refractivity contribution in [2.45, 2.75) is 114 Å². The molecule has 5 rings (SSSR count). The molecule has 71 heavy (non-hydrogen) atoms. The van der Waals surface area contributed by atoms with Crippen molar-refractivity contribution < 1.29 is 58.2 Å². The van der Waals surface area contributed by atoms with Crippen LogP contribution in [0.1, 0.15) is 62.6 Å². The van der Waals surface area contributed by atoms with E-state index in [-0.39, 0.29) is 50.9 Å². The van der Waals surface area contributed by atoms with Gasteiger partial charge in [0, 0.05) is 25.9 Å². The van der Waals surface area contributed by atoms with Crippen LogP contribution in [0.15, 0.2) is 84.9 Å². The van der Waals surface area contributed by atoms with Gasteiger partial charge in [-0.05, 0) is 74.8 Å². The first kappa shape index (κ1) is 54.1. The normalized spacial score (nSPS) is 17.8. The summed E-state index contributed by atoms with van der Waals surface area (Å²) in [5.41, 5.74) is 13.5. The molecule has 22 heteroatoms. The smallest absolute Gasteiger partial charge is 0.326 e. The highest BCUT2D eigenvalue weighted by molar-refractivity contribution is 5.98. The van der Waals surface area contributed by atoms with Gasteiger partial charge in [0.25, 0.3) is 0 Å². The number of aromatic hydroxyl groups is 1. The summed E-state index contributed by atoms with van der Waals surface area (Å²) in [6.45, 7) is 2.42. The van der Waals surface area contributed by atoms with E-state index in [0.717, 1.165) is 5.56 Å². The molecule has 0 aliphatic carbocycles. The van der Waals surface area contributed by atoms with Crippen LogP contribution in [-0.4, -0.2) is 147 Å². The van der Waals surface area contributed by atoms with Gasteiger partial charge < -0.3 is 63.4 Å². The van der Waals surface area contributed by atoms with Gasteiger partial charge >= 0.3 is 5.97 Å². The Morgan fingerprint density at radius 2 is 1.11 bits per heavy atom. The van der Waals surface area contributed by atoms with Crippen molar-refractivity contribution in [2.24, 2.45) is 11.5 Å². The largest absolute Gasteiger partial charge is 0.508 e. The third-order valence-electron chi connectivity index (χ3n) is 12.2. The number of nitrogens with one attached hydrogen (secondary N) is 6. The number of primary amides is 1. The first-order valence-corrected chi connectivity index (χ1v) is 23.3. The van der Waals surface area contributed by atoms with Gasteiger partial charge in [0.2, 0.25) is 53.2 Å². The molecule has 2 saturated heterocycles. The van der Waals surface area contributed by atoms with Crippen LogP contribution in [0.4, 0.5) is 0 Å². The fraction of sp³-hybridized carbons (Fsp3) is 0.429. The van der Waals surface area contributed by atoms with Crippen molar-refractivity contribution in [2.75, 3.05) is 19.6 Å². The second-order valence-electron chi connectivity index (χ2n) is 17.7. The van der Waals surface area contributed by atoms with Crippen LogP contribution in [0, 0.1) is 0 Å². The molecule has 12 N–H and O–H groups in total. The molecule has 0 aromatic heterocycles. The molecule has 9 amide bonds. The van der Waals surface area contributed by atoms with Crippen LogP contribution in [0.3, 0.4) is 0 Å². The number of carboxylic acids is 1. The SMILES string of the molecule is C[C@H](NC(=O)[C@@H]1CCCN1C(=O)[C@H](Cc1ccc(O)cc1)NC(=O)[C@H](CC(N)=O)NC(=O)CNC(=O)[C@@H]1CCCN1C(=O)[C@H](C)NC(=O)[C@@H](N)Cc1ccccc1)C(=O)N[C@@H](Cc1ccccc1)C(=O)O. The van der Waals surface area contributed by atoms with Gasteiger partial charge in [0.1, 0.15) is 48.0 Å². The molecule has 2 heterocycles. The maximum Gasteiger partial charge on any atom is 0.326 e. The van der Waals surface area contributed by atoms with Gasteiger partial charge in [0.05, 0.1) is 19.0 Å². The van der Waals surface area contributed by atoms with Gasteiger partial charge in [0.15, 0.2) is 0 Å². The minimum atomic E-state index is -1.65. The molecule has 3 aromatic rings. The number of carbonyl (C=O) groups is 10. The number of aliphatic carboxylic acids is 1. The van der Waals surface area contributed by atoms with Crippen molar-refractivity contribution in [1.29, 1.82) is 0 Å². The van der Waals surface area contributed by atoms with E-state index in [4.69, 9.17) is 11.5 Å². The molecule has 0 radical (unpaired) electrons. The van der Waals surface area contributed by atoms with E-state index in [1.807, 2.05) is 30.3 Å². The van der Waals surface area contributed by atoms with E-state index in [1.54, 1.807) is 30.3 Å². The molecule has 8 atom stereocenters. The lowest BCUT2D eigenvalue weighted by molar-refractivity contribution is -0.143. The average molecular weight is 983 g/mol. The van der Waals surface area contributed by atoms with E-state index < -0.39 is 120 Å². The van der Waals surface area contributed by atoms with E-state index >= 15 is 0 Å². The molecule has 0 bridgehead atoms. The number of carbonyl (C=O) groups excluding carboxylic acids is 9. The summed E-state index contributed by atoms with van der Waals surface area (Å²) >= 11 is 0. The lowest BCUT2D eigenvalue weighted by atomic mass is 10.0. The quantitative estimate of drug-likeness (QED) is 0.0506. The minimum Gasteiger partial charge on any atom is -0.508 e. The van der Waals surface area contributed by atoms with Crippen LogP contribution < -0.4 is 43.4 Å². The maximum atomic E-state index is 14.4. The number of nitrogens with zero attached hydrogens (tertiary/aromatic N) is 2. The molecule has 2 aliphatic rings. The predicted molar refractivity (Wildman–Crippen MR) is 255 cm³/mol. The van der Waals surface area contributed by atoms with Gasteiger partial charge in [-0.1, -0.05) is 72.8 Å². The van der Waals surface area contributed by atoms with Crippen molar-refractivity contribution >= 4 is 59.1 Å². The van der Waals surface area contributed by atoms with Gasteiger partial charge in [-0.2, -0.15) is 0 Å². The van der Waals surface area contributed by atoms with Crippen LogP contribution in [0.25, 0.3) is 0 Å². The van der Waals surface area contributed by atoms with Crippen molar-refractivity contribution in [3.63, 3.8) is 0 Å². The second-order valence-corrected chi connectivity index (χ2v) is 17.7. The summed E-state index contributed by atoms with van der Waals surface area (Å²) in [6.07, 6.45) is 0.575. The molecule has 0 unspecified atom stereocenters. The van der Waals surface area contributed by atoms with E-state index in [2.05, 4.69) is 31.9 Å². The number of carboxylic acid groups (broad SMARTS) is 1. The highest BCUT2D eigenvalue weighted by atomic mass is 16.4. The Bertz CT molecular complexity index is 2410. The Morgan fingerprint density at radius 1 is 0.592 bits per heavy atom. The first-order chi connectivity index (χ1) is 33.8. The van der Waals surface area contributed by atoms with Crippen LogP contribution in [0.2, 0.25) is 0 Å². The van der Waals surface area contributed by atoms with Crippen LogP contribution >= 0.6 is 0 Å². The summed E-state index contributed by atoms with van der Waals surface area (Å²) in [7, 11) is 0. The van der Waals surface area contributed by atoms with E-state index in [9.17, 15) is 58.2 Å². The fourth-order valence-corrected chi connectivity index (χ4v) is 8.40. The summed E-state index contributed by atoms with van der Waals surface area (Å²) in [6, 6.07) is 13.8. The second kappa shape index (κ2) is 25.6. The molecular weight excluding hydrogens is 921 g/mol. The Hall–Kier alpha value is -7.88. The maximum absolute atomic E-state index is 14.4. The number of hydrogen-bond acceptors (Lipinski definition) is 12. The number of hydrogen-bond donors (Lipinski definition) is 10. The zero-order chi connectivity index (χ0) is 51.8. The third kappa shape index (κ3) is 15.8. The lowest BCUT2D eigenvalue weighted by Gasteiger charge is -2.30. The molecule has 0 spiro atoms. The highest BCUT2D eigenvalue weighted by Gasteiger charge is 2.40. The molecular formula is C49H62N10O12. The summed E-state index contributed by atoms with van der Waals surface area (Å²) in [5.74, 6) is -8.29. The van der Waals surface area contributed by atoms with Gasteiger partial charge in [-0.3, -0.25) is 43.2 Å². The van der Waals surface area contributed by atoms with Gasteiger partial charge in [-0.15, -0.1) is 0 Å². The van der Waals surface area contributed by atoms with Gasteiger partial charge in [-0.25, -0.2) is 4.79 Å². The number of rotatable bonds is 23. The van der Waals surface area contributed by atoms with Crippen molar-refractivity contribution in [3.05, 3.63) is 102 Å². The molecule has 2 aliphatic heterocycles. The highest BCUT2D eigenvalue weighted by Crippen LogP contribution is 2.22. The first-order valence-electron chi connectivity index (χ1n) is 23.3. The van der Waals surface area contributed by atoms with Crippen molar-refractivity contribution in [1.82, 2.24) is 41.7 Å². The molecule has 380 valence electrons. The molecule has 22 nitrogen and oxygen atoms in total. The summed E-state index contributed by atoms with van der Waals surface area (Å²) in [4.78, 5) is 135.